The molecule has 154 valence electrons. The van der Waals surface area contributed by atoms with Gasteiger partial charge in [-0.1, -0.05) is 11.3 Å². The third kappa shape index (κ3) is 3.78. The van der Waals surface area contributed by atoms with Crippen LogP contribution in [0.5, 0.6) is 0 Å². The molecule has 0 saturated heterocycles. The molecule has 0 aliphatic carbocycles. The number of aromatic amines is 1. The zero-order valence-electron chi connectivity index (χ0n) is 17.2. The first kappa shape index (κ1) is 19.0. The zero-order valence-corrected chi connectivity index (χ0v) is 17.2. The number of nitrogens with zero attached hydrogens (tertiary/aromatic N) is 7. The average Bonchev–Trinajstić information content (AvgIpc) is 3.47. The highest BCUT2D eigenvalue weighted by Gasteiger charge is 2.14. The molecule has 5 rings (SSSR count). The molecule has 0 bridgehead atoms. The predicted molar refractivity (Wildman–Crippen MR) is 118 cm³/mol. The highest BCUT2D eigenvalue weighted by Crippen LogP contribution is 2.29. The number of hydrogen-bond donors (Lipinski definition) is 2. The van der Waals surface area contributed by atoms with Crippen LogP contribution in [-0.4, -0.2) is 53.7 Å². The summed E-state index contributed by atoms with van der Waals surface area (Å²) < 4.78 is 1.81. The van der Waals surface area contributed by atoms with Gasteiger partial charge in [-0.2, -0.15) is 5.10 Å². The fourth-order valence-corrected chi connectivity index (χ4v) is 3.42. The van der Waals surface area contributed by atoms with E-state index in [0.29, 0.717) is 0 Å². The third-order valence-electron chi connectivity index (χ3n) is 5.02. The van der Waals surface area contributed by atoms with Gasteiger partial charge in [0.2, 0.25) is 0 Å². The smallest absolute Gasteiger partial charge is 0.114 e. The maximum Gasteiger partial charge on any atom is 0.114 e. The Morgan fingerprint density at radius 2 is 1.94 bits per heavy atom. The number of likely N-dealkylation sites (N-methyl/N-ethyl adjacent to an activating group) is 1. The van der Waals surface area contributed by atoms with E-state index in [1.165, 1.54) is 0 Å². The van der Waals surface area contributed by atoms with E-state index in [4.69, 9.17) is 4.98 Å². The van der Waals surface area contributed by atoms with Crippen molar-refractivity contribution in [2.45, 2.75) is 13.5 Å². The molecule has 0 saturated carbocycles. The Bertz CT molecular complexity index is 1350. The number of H-pyrrole nitrogens is 1. The molecule has 5 aromatic rings. The molecule has 0 aromatic carbocycles. The molecule has 0 unspecified atom stereocenters. The summed E-state index contributed by atoms with van der Waals surface area (Å²) in [5, 5.41) is 18.8. The third-order valence-corrected chi connectivity index (χ3v) is 5.02. The summed E-state index contributed by atoms with van der Waals surface area (Å²) in [6.45, 7) is 3.55. The molecule has 9 heteroatoms. The zero-order chi connectivity index (χ0) is 21.2. The fourth-order valence-electron chi connectivity index (χ4n) is 3.42. The minimum atomic E-state index is 0.753. The van der Waals surface area contributed by atoms with Crippen molar-refractivity contribution in [2.24, 2.45) is 0 Å². The standard InChI is InChI=1S/C22H21N9/c1-14-4-3-5-19(26-14)22-16(12-25-29-22)17-6-7-18-20(27-17)10-15(11-24-18)21-13-31(30-28-21)9-8-23-2/h3-7,10-13,23H,8-9H2,1-2H3,(H,25,29). The molecular weight excluding hydrogens is 390 g/mol. The van der Waals surface area contributed by atoms with E-state index in [-0.39, 0.29) is 0 Å². The summed E-state index contributed by atoms with van der Waals surface area (Å²) >= 11 is 0. The van der Waals surface area contributed by atoms with Crippen molar-refractivity contribution in [2.75, 3.05) is 13.6 Å². The maximum atomic E-state index is 4.85. The second kappa shape index (κ2) is 8.04. The van der Waals surface area contributed by atoms with Crippen LogP contribution in [0.1, 0.15) is 5.69 Å². The molecule has 0 radical (unpaired) electrons. The summed E-state index contributed by atoms with van der Waals surface area (Å²) in [5.74, 6) is 0. The maximum absolute atomic E-state index is 4.85. The SMILES string of the molecule is CNCCn1cc(-c2cnc3ccc(-c4cn[nH]c4-c4cccc(C)n4)nc3c2)nn1. The lowest BCUT2D eigenvalue weighted by Crippen LogP contribution is -2.15. The second-order valence-electron chi connectivity index (χ2n) is 7.25. The first-order valence-electron chi connectivity index (χ1n) is 10.0. The number of hydrogen-bond acceptors (Lipinski definition) is 7. The minimum Gasteiger partial charge on any atom is -0.318 e. The molecular formula is C22H21N9. The Balaban J connectivity index is 1.52. The van der Waals surface area contributed by atoms with Gasteiger partial charge < -0.3 is 5.32 Å². The summed E-state index contributed by atoms with van der Waals surface area (Å²) in [7, 11) is 1.91. The Morgan fingerprint density at radius 1 is 1.00 bits per heavy atom. The Kier molecular flexibility index (Phi) is 4.93. The number of nitrogens with one attached hydrogen (secondary N) is 2. The van der Waals surface area contributed by atoms with Gasteiger partial charge in [0.1, 0.15) is 5.69 Å². The van der Waals surface area contributed by atoms with Crippen molar-refractivity contribution in [3.63, 3.8) is 0 Å². The van der Waals surface area contributed by atoms with Crippen molar-refractivity contribution >= 4 is 11.0 Å². The first-order valence-corrected chi connectivity index (χ1v) is 10.0. The molecule has 0 spiro atoms. The first-order chi connectivity index (χ1) is 15.2. The van der Waals surface area contributed by atoms with E-state index >= 15 is 0 Å². The van der Waals surface area contributed by atoms with Gasteiger partial charge in [0, 0.05) is 29.6 Å². The normalized spacial score (nSPS) is 11.3. The summed E-state index contributed by atoms with van der Waals surface area (Å²) in [6, 6.07) is 11.8. The molecule has 0 aliphatic heterocycles. The summed E-state index contributed by atoms with van der Waals surface area (Å²) in [5.41, 5.74) is 7.55. The van der Waals surface area contributed by atoms with Crippen molar-refractivity contribution in [1.29, 1.82) is 0 Å². The Morgan fingerprint density at radius 3 is 2.81 bits per heavy atom. The van der Waals surface area contributed by atoms with E-state index in [1.54, 1.807) is 12.4 Å². The van der Waals surface area contributed by atoms with Crippen molar-refractivity contribution in [1.82, 2.24) is 45.5 Å². The lowest BCUT2D eigenvalue weighted by Gasteiger charge is -2.05. The Hall–Kier alpha value is -3.98. The van der Waals surface area contributed by atoms with Gasteiger partial charge in [0.05, 0.1) is 47.1 Å². The molecule has 0 aliphatic rings. The monoisotopic (exact) mass is 411 g/mol. The van der Waals surface area contributed by atoms with Gasteiger partial charge in [0.25, 0.3) is 0 Å². The molecule has 31 heavy (non-hydrogen) atoms. The van der Waals surface area contributed by atoms with E-state index in [9.17, 15) is 0 Å². The van der Waals surface area contributed by atoms with Gasteiger partial charge in [-0.3, -0.25) is 19.7 Å². The number of rotatable bonds is 6. The highest BCUT2D eigenvalue weighted by atomic mass is 15.4. The number of aryl methyl sites for hydroxylation is 1. The minimum absolute atomic E-state index is 0.753. The number of fused-ring (bicyclic) bond motifs is 1. The summed E-state index contributed by atoms with van der Waals surface area (Å²) in [6.07, 6.45) is 5.50. The topological polar surface area (TPSA) is 110 Å². The predicted octanol–water partition coefficient (Wildman–Crippen LogP) is 2.87. The van der Waals surface area contributed by atoms with Gasteiger partial charge in [0.15, 0.2) is 0 Å². The van der Waals surface area contributed by atoms with Gasteiger partial charge >= 0.3 is 0 Å². The lowest BCUT2D eigenvalue weighted by molar-refractivity contribution is 0.565. The fraction of sp³-hybridized carbons (Fsp3) is 0.182. The van der Waals surface area contributed by atoms with Gasteiger partial charge in [-0.25, -0.2) is 4.98 Å². The van der Waals surface area contributed by atoms with Crippen LogP contribution in [0.25, 0.3) is 44.9 Å². The van der Waals surface area contributed by atoms with E-state index in [1.807, 2.05) is 61.2 Å². The molecule has 0 amide bonds. The van der Waals surface area contributed by atoms with Crippen molar-refractivity contribution < 1.29 is 0 Å². The molecule has 2 N–H and O–H groups in total. The van der Waals surface area contributed by atoms with Crippen LogP contribution in [0.15, 0.2) is 55.0 Å². The van der Waals surface area contributed by atoms with Crippen LogP contribution in [0.4, 0.5) is 0 Å². The quantitative estimate of drug-likeness (QED) is 0.442. The van der Waals surface area contributed by atoms with E-state index in [2.05, 4.69) is 35.8 Å². The van der Waals surface area contributed by atoms with Crippen LogP contribution in [0.3, 0.4) is 0 Å². The highest BCUT2D eigenvalue weighted by molar-refractivity contribution is 5.84. The average molecular weight is 411 g/mol. The second-order valence-corrected chi connectivity index (χ2v) is 7.25. The van der Waals surface area contributed by atoms with Crippen LogP contribution in [0, 0.1) is 6.92 Å². The van der Waals surface area contributed by atoms with Crippen LogP contribution >= 0.6 is 0 Å². The lowest BCUT2D eigenvalue weighted by atomic mass is 10.1. The molecule has 5 heterocycles. The number of pyridine rings is 3. The van der Waals surface area contributed by atoms with Crippen molar-refractivity contribution in [3.8, 4) is 33.9 Å². The Labute approximate surface area is 178 Å². The molecule has 9 nitrogen and oxygen atoms in total. The van der Waals surface area contributed by atoms with Gasteiger partial charge in [-0.05, 0) is 44.3 Å². The van der Waals surface area contributed by atoms with E-state index in [0.717, 1.165) is 63.7 Å². The molecule has 0 fully saturated rings. The van der Waals surface area contributed by atoms with Crippen LogP contribution < -0.4 is 5.32 Å². The van der Waals surface area contributed by atoms with Crippen molar-refractivity contribution in [3.05, 3.63) is 60.7 Å². The summed E-state index contributed by atoms with van der Waals surface area (Å²) in [4.78, 5) is 14.0. The largest absolute Gasteiger partial charge is 0.318 e. The molecule has 5 aromatic heterocycles. The van der Waals surface area contributed by atoms with E-state index < -0.39 is 0 Å². The molecule has 0 atom stereocenters. The van der Waals surface area contributed by atoms with Crippen LogP contribution in [0.2, 0.25) is 0 Å². The van der Waals surface area contributed by atoms with Gasteiger partial charge in [-0.15, -0.1) is 5.10 Å². The van der Waals surface area contributed by atoms with Crippen LogP contribution in [-0.2, 0) is 6.54 Å². The number of aromatic nitrogens is 8.